The minimum Gasteiger partial charge on any atom is -0.338 e. The first-order valence-electron chi connectivity index (χ1n) is 8.02. The van der Waals surface area contributed by atoms with Gasteiger partial charge in [0, 0.05) is 32.3 Å². The molecule has 0 saturated heterocycles. The fourth-order valence-corrected chi connectivity index (χ4v) is 2.77. The van der Waals surface area contributed by atoms with Crippen LogP contribution in [-0.4, -0.2) is 28.4 Å². The number of urea groups is 1. The van der Waals surface area contributed by atoms with Crippen molar-refractivity contribution in [3.63, 3.8) is 0 Å². The van der Waals surface area contributed by atoms with E-state index in [0.717, 1.165) is 18.5 Å². The van der Waals surface area contributed by atoms with Crippen LogP contribution in [0.5, 0.6) is 0 Å². The zero-order chi connectivity index (χ0) is 16.8. The van der Waals surface area contributed by atoms with Crippen molar-refractivity contribution in [2.45, 2.75) is 39.7 Å². The molecule has 1 unspecified atom stereocenters. The molecule has 0 saturated carbocycles. The SMILES string of the molecule is Cc1cc(C)cc(CC(C)NC(=O)NCCc2ccn(C)n2)c1. The maximum atomic E-state index is 11.9. The normalized spacial score (nSPS) is 12.0. The average molecular weight is 314 g/mol. The predicted molar refractivity (Wildman–Crippen MR) is 92.5 cm³/mol. The standard InChI is InChI=1S/C18H26N4O/c1-13-9-14(2)11-16(10-13)12-15(3)20-18(23)19-7-5-17-6-8-22(4)21-17/h6,8-11,15H,5,7,12H2,1-4H3,(H2,19,20,23). The van der Waals surface area contributed by atoms with E-state index in [4.69, 9.17) is 0 Å². The molecule has 0 aliphatic rings. The molecule has 0 radical (unpaired) electrons. The molecule has 2 amide bonds. The van der Waals surface area contributed by atoms with Gasteiger partial charge in [0.1, 0.15) is 0 Å². The predicted octanol–water partition coefficient (Wildman–Crippen LogP) is 2.51. The second-order valence-electron chi connectivity index (χ2n) is 6.23. The largest absolute Gasteiger partial charge is 0.338 e. The van der Waals surface area contributed by atoms with Crippen LogP contribution in [0.1, 0.15) is 29.3 Å². The minimum absolute atomic E-state index is 0.0889. The number of aryl methyl sites for hydroxylation is 3. The van der Waals surface area contributed by atoms with Gasteiger partial charge in [-0.25, -0.2) is 4.79 Å². The highest BCUT2D eigenvalue weighted by Crippen LogP contribution is 2.10. The van der Waals surface area contributed by atoms with Crippen LogP contribution in [0.4, 0.5) is 4.79 Å². The summed E-state index contributed by atoms with van der Waals surface area (Å²) in [6.45, 7) is 6.80. The Morgan fingerprint density at radius 2 is 1.96 bits per heavy atom. The Morgan fingerprint density at radius 1 is 1.26 bits per heavy atom. The number of nitrogens with one attached hydrogen (secondary N) is 2. The third kappa shape index (κ3) is 5.77. The lowest BCUT2D eigenvalue weighted by molar-refractivity contribution is 0.238. The topological polar surface area (TPSA) is 59.0 Å². The number of rotatable bonds is 6. The van der Waals surface area contributed by atoms with E-state index in [1.165, 1.54) is 16.7 Å². The summed E-state index contributed by atoms with van der Waals surface area (Å²) < 4.78 is 1.77. The van der Waals surface area contributed by atoms with Crippen LogP contribution in [0.2, 0.25) is 0 Å². The van der Waals surface area contributed by atoms with Gasteiger partial charge < -0.3 is 10.6 Å². The summed E-state index contributed by atoms with van der Waals surface area (Å²) in [5, 5.41) is 10.1. The average Bonchev–Trinajstić information content (AvgIpc) is 2.82. The van der Waals surface area contributed by atoms with Gasteiger partial charge in [-0.2, -0.15) is 5.10 Å². The summed E-state index contributed by atoms with van der Waals surface area (Å²) in [6, 6.07) is 8.42. The van der Waals surface area contributed by atoms with Crippen LogP contribution >= 0.6 is 0 Å². The van der Waals surface area contributed by atoms with Crippen LogP contribution in [0, 0.1) is 13.8 Å². The molecule has 2 N–H and O–H groups in total. The first-order chi connectivity index (χ1) is 10.9. The van der Waals surface area contributed by atoms with Crippen LogP contribution in [-0.2, 0) is 19.9 Å². The maximum absolute atomic E-state index is 11.9. The summed E-state index contributed by atoms with van der Waals surface area (Å²) in [5.41, 5.74) is 4.75. The molecule has 1 heterocycles. The molecule has 1 aromatic carbocycles. The highest BCUT2D eigenvalue weighted by atomic mass is 16.2. The third-order valence-corrected chi connectivity index (χ3v) is 3.64. The Hall–Kier alpha value is -2.30. The summed E-state index contributed by atoms with van der Waals surface area (Å²) in [5.74, 6) is 0. The van der Waals surface area contributed by atoms with E-state index in [2.05, 4.69) is 47.8 Å². The molecule has 124 valence electrons. The second-order valence-corrected chi connectivity index (χ2v) is 6.23. The maximum Gasteiger partial charge on any atom is 0.315 e. The van der Waals surface area contributed by atoms with E-state index in [1.807, 2.05) is 26.2 Å². The van der Waals surface area contributed by atoms with Crippen LogP contribution < -0.4 is 10.6 Å². The van der Waals surface area contributed by atoms with Gasteiger partial charge in [0.2, 0.25) is 0 Å². The molecule has 0 aliphatic heterocycles. The zero-order valence-electron chi connectivity index (χ0n) is 14.4. The third-order valence-electron chi connectivity index (χ3n) is 3.64. The number of carbonyl (C=O) groups is 1. The minimum atomic E-state index is -0.127. The van der Waals surface area contributed by atoms with E-state index >= 15 is 0 Å². The molecule has 23 heavy (non-hydrogen) atoms. The van der Waals surface area contributed by atoms with E-state index in [-0.39, 0.29) is 12.1 Å². The van der Waals surface area contributed by atoms with E-state index in [0.29, 0.717) is 6.54 Å². The Balaban J connectivity index is 1.73. The molecule has 1 aromatic heterocycles. The molecule has 5 heteroatoms. The first-order valence-corrected chi connectivity index (χ1v) is 8.02. The van der Waals surface area contributed by atoms with Crippen LogP contribution in [0.15, 0.2) is 30.5 Å². The van der Waals surface area contributed by atoms with E-state index < -0.39 is 0 Å². The van der Waals surface area contributed by atoms with Gasteiger partial charge in [-0.15, -0.1) is 0 Å². The van der Waals surface area contributed by atoms with Crippen molar-refractivity contribution in [2.75, 3.05) is 6.54 Å². The van der Waals surface area contributed by atoms with Crippen molar-refractivity contribution in [3.8, 4) is 0 Å². The van der Waals surface area contributed by atoms with Crippen LogP contribution in [0.25, 0.3) is 0 Å². The summed E-state index contributed by atoms with van der Waals surface area (Å²) in [7, 11) is 1.89. The molecule has 0 spiro atoms. The monoisotopic (exact) mass is 314 g/mol. The lowest BCUT2D eigenvalue weighted by Gasteiger charge is -2.15. The molecule has 2 rings (SSSR count). The molecule has 1 atom stereocenters. The molecular formula is C18H26N4O. The number of benzene rings is 1. The fourth-order valence-electron chi connectivity index (χ4n) is 2.77. The molecule has 0 aliphatic carbocycles. The van der Waals surface area contributed by atoms with Crippen molar-refractivity contribution >= 4 is 6.03 Å². The highest BCUT2D eigenvalue weighted by Gasteiger charge is 2.08. The van der Waals surface area contributed by atoms with Gasteiger partial charge in [-0.3, -0.25) is 4.68 Å². The van der Waals surface area contributed by atoms with Crippen molar-refractivity contribution in [3.05, 3.63) is 52.8 Å². The molecule has 2 aromatic rings. The highest BCUT2D eigenvalue weighted by molar-refractivity contribution is 5.74. The van der Waals surface area contributed by atoms with Gasteiger partial charge in [-0.05, 0) is 38.8 Å². The van der Waals surface area contributed by atoms with Gasteiger partial charge in [-0.1, -0.05) is 29.3 Å². The zero-order valence-corrected chi connectivity index (χ0v) is 14.4. The number of amides is 2. The van der Waals surface area contributed by atoms with Gasteiger partial charge in [0.25, 0.3) is 0 Å². The fraction of sp³-hybridized carbons (Fsp3) is 0.444. The number of carbonyl (C=O) groups excluding carboxylic acids is 1. The van der Waals surface area contributed by atoms with Crippen LogP contribution in [0.3, 0.4) is 0 Å². The Bertz CT molecular complexity index is 643. The number of hydrogen-bond donors (Lipinski definition) is 2. The lowest BCUT2D eigenvalue weighted by Crippen LogP contribution is -2.42. The lowest BCUT2D eigenvalue weighted by atomic mass is 10.0. The van der Waals surface area contributed by atoms with Gasteiger partial charge >= 0.3 is 6.03 Å². The number of hydrogen-bond acceptors (Lipinski definition) is 2. The van der Waals surface area contributed by atoms with Crippen molar-refractivity contribution in [2.24, 2.45) is 7.05 Å². The van der Waals surface area contributed by atoms with E-state index in [1.54, 1.807) is 4.68 Å². The molecule has 0 fully saturated rings. The molecule has 5 nitrogen and oxygen atoms in total. The van der Waals surface area contributed by atoms with Crippen molar-refractivity contribution in [1.29, 1.82) is 0 Å². The first kappa shape index (κ1) is 17.1. The summed E-state index contributed by atoms with van der Waals surface area (Å²) >= 11 is 0. The second kappa shape index (κ2) is 7.81. The molecular weight excluding hydrogens is 288 g/mol. The quantitative estimate of drug-likeness (QED) is 0.861. The van der Waals surface area contributed by atoms with Gasteiger partial charge in [0.05, 0.1) is 5.69 Å². The summed E-state index contributed by atoms with van der Waals surface area (Å²) in [6.07, 6.45) is 3.47. The smallest absolute Gasteiger partial charge is 0.315 e. The number of aromatic nitrogens is 2. The van der Waals surface area contributed by atoms with E-state index in [9.17, 15) is 4.79 Å². The number of nitrogens with zero attached hydrogens (tertiary/aromatic N) is 2. The Labute approximate surface area is 138 Å². The summed E-state index contributed by atoms with van der Waals surface area (Å²) in [4.78, 5) is 11.9. The van der Waals surface area contributed by atoms with Gasteiger partial charge in [0.15, 0.2) is 0 Å². The van der Waals surface area contributed by atoms with Crippen molar-refractivity contribution in [1.82, 2.24) is 20.4 Å². The Kier molecular flexibility index (Phi) is 5.79. The van der Waals surface area contributed by atoms with Crippen molar-refractivity contribution < 1.29 is 4.79 Å². The Morgan fingerprint density at radius 3 is 2.57 bits per heavy atom. The molecule has 0 bridgehead atoms.